The highest BCUT2D eigenvalue weighted by atomic mass is 79.9. The number of hydrogen-bond acceptors (Lipinski definition) is 7. The number of carbonyl (C=O) groups is 1. The Kier molecular flexibility index (Phi) is 6.61. The molecule has 3 aromatic rings. The summed E-state index contributed by atoms with van der Waals surface area (Å²) in [5.74, 6) is 0.129. The number of benzene rings is 1. The molecule has 11 heteroatoms. The molecule has 35 heavy (non-hydrogen) atoms. The predicted molar refractivity (Wildman–Crippen MR) is 139 cm³/mol. The Morgan fingerprint density at radius 3 is 2.77 bits per heavy atom. The largest absolute Gasteiger partial charge is 0.508 e. The minimum absolute atomic E-state index is 0.0594. The molecule has 3 atom stereocenters. The van der Waals surface area contributed by atoms with E-state index in [2.05, 4.69) is 36.2 Å². The molecule has 2 aliphatic rings. The van der Waals surface area contributed by atoms with E-state index in [-0.39, 0.29) is 23.6 Å². The van der Waals surface area contributed by atoms with Crippen molar-refractivity contribution in [2.45, 2.75) is 43.8 Å². The second kappa shape index (κ2) is 9.67. The number of nitrogens with one attached hydrogen (secondary N) is 1. The Balaban J connectivity index is 1.46. The lowest BCUT2D eigenvalue weighted by atomic mass is 9.96. The van der Waals surface area contributed by atoms with Gasteiger partial charge in [0, 0.05) is 34.9 Å². The number of fused-ring (bicyclic) bond motifs is 3. The first-order valence-corrected chi connectivity index (χ1v) is 12.6. The van der Waals surface area contributed by atoms with Crippen LogP contribution in [0.1, 0.15) is 31.2 Å². The first kappa shape index (κ1) is 23.9. The van der Waals surface area contributed by atoms with Crippen molar-refractivity contribution < 1.29 is 14.6 Å². The lowest BCUT2D eigenvalue weighted by Crippen LogP contribution is -2.49. The third-order valence-corrected chi connectivity index (χ3v) is 7.56. The predicted octanol–water partition coefficient (Wildman–Crippen LogP) is 4.07. The molecule has 2 bridgehead atoms. The van der Waals surface area contributed by atoms with E-state index in [1.54, 1.807) is 16.8 Å². The molecule has 4 N–H and O–H groups in total. The Morgan fingerprint density at radius 2 is 2.09 bits per heavy atom. The molecule has 0 spiro atoms. The number of rotatable bonds is 6. The standard InChI is InChI=1S/C24H26BrClN6O3/c1-35-22(34)12-31-15-2-3-16(31)8-14(7-15)29-23-18(10-28-32-11-13(25)6-21(23)32)24(27)30-20-5-4-17(33)9-19(20)26/h4-6,9-11,14-16,29,33H,2-3,7-8,12H2,1H3,(H2,27,30)/t14?,15-,16+. The lowest BCUT2D eigenvalue weighted by Gasteiger charge is -2.39. The average molecular weight is 562 g/mol. The number of halogens is 2. The Morgan fingerprint density at radius 1 is 1.34 bits per heavy atom. The molecular formula is C24H26BrClN6O3. The summed E-state index contributed by atoms with van der Waals surface area (Å²) in [4.78, 5) is 18.7. The van der Waals surface area contributed by atoms with E-state index in [1.807, 2.05) is 12.3 Å². The number of phenolic OH excluding ortho intramolecular Hbond substituents is 1. The normalized spacial score (nSPS) is 22.5. The maximum atomic E-state index is 11.9. The fourth-order valence-electron chi connectivity index (χ4n) is 5.22. The van der Waals surface area contributed by atoms with E-state index in [0.29, 0.717) is 34.9 Å². The van der Waals surface area contributed by atoms with E-state index >= 15 is 0 Å². The van der Waals surface area contributed by atoms with Gasteiger partial charge in [0.1, 0.15) is 11.6 Å². The van der Waals surface area contributed by atoms with Gasteiger partial charge in [-0.2, -0.15) is 5.10 Å². The van der Waals surface area contributed by atoms with Crippen molar-refractivity contribution >= 4 is 56.2 Å². The number of aromatic nitrogens is 2. The lowest BCUT2D eigenvalue weighted by molar-refractivity contribution is -0.143. The maximum Gasteiger partial charge on any atom is 0.319 e. The Labute approximate surface area is 216 Å². The number of nitrogens with two attached hydrogens (primary N) is 1. The van der Waals surface area contributed by atoms with E-state index in [4.69, 9.17) is 22.1 Å². The number of carbonyl (C=O) groups excluding carboxylic acids is 1. The first-order chi connectivity index (χ1) is 16.8. The minimum Gasteiger partial charge on any atom is -0.508 e. The van der Waals surface area contributed by atoms with Gasteiger partial charge in [-0.15, -0.1) is 0 Å². The second-order valence-electron chi connectivity index (χ2n) is 9.00. The number of amidine groups is 1. The van der Waals surface area contributed by atoms with Crippen LogP contribution in [0.3, 0.4) is 0 Å². The third-order valence-electron chi connectivity index (χ3n) is 6.82. The van der Waals surface area contributed by atoms with Gasteiger partial charge >= 0.3 is 5.97 Å². The Bertz CT molecular complexity index is 1300. The minimum atomic E-state index is -0.193. The van der Waals surface area contributed by atoms with Crippen molar-refractivity contribution in [3.63, 3.8) is 0 Å². The maximum absolute atomic E-state index is 11.9. The van der Waals surface area contributed by atoms with E-state index in [9.17, 15) is 9.90 Å². The summed E-state index contributed by atoms with van der Waals surface area (Å²) in [6.45, 7) is 0.335. The van der Waals surface area contributed by atoms with Crippen LogP contribution in [-0.4, -0.2) is 63.2 Å². The summed E-state index contributed by atoms with van der Waals surface area (Å²) in [5.41, 5.74) is 9.30. The second-order valence-corrected chi connectivity index (χ2v) is 10.3. The van der Waals surface area contributed by atoms with Gasteiger partial charge in [-0.05, 0) is 59.8 Å². The number of methoxy groups -OCH3 is 1. The number of anilines is 1. The van der Waals surface area contributed by atoms with Crippen LogP contribution in [0.4, 0.5) is 11.4 Å². The van der Waals surface area contributed by atoms with Crippen LogP contribution in [0.15, 0.2) is 46.1 Å². The van der Waals surface area contributed by atoms with E-state index in [0.717, 1.165) is 41.4 Å². The summed E-state index contributed by atoms with van der Waals surface area (Å²) in [6, 6.07) is 7.40. The fourth-order valence-corrected chi connectivity index (χ4v) is 5.84. The van der Waals surface area contributed by atoms with Gasteiger partial charge in [0.15, 0.2) is 0 Å². The number of ether oxygens (including phenoxy) is 1. The number of hydrogen-bond donors (Lipinski definition) is 3. The average Bonchev–Trinajstić information content (AvgIpc) is 3.30. The molecule has 4 heterocycles. The van der Waals surface area contributed by atoms with Crippen LogP contribution in [0.2, 0.25) is 5.02 Å². The number of aliphatic imine (C=N–C) groups is 1. The Hall–Kier alpha value is -2.82. The van der Waals surface area contributed by atoms with E-state index in [1.165, 1.54) is 19.2 Å². The molecule has 0 saturated carbocycles. The number of nitrogens with zero attached hydrogens (tertiary/aromatic N) is 4. The SMILES string of the molecule is COC(=O)CN1[C@@H]2CC[C@H]1CC(Nc1c(C(N)=Nc3ccc(O)cc3Cl)cnn3cc(Br)cc13)C2. The van der Waals surface area contributed by atoms with Crippen molar-refractivity contribution in [2.24, 2.45) is 10.7 Å². The molecule has 2 saturated heterocycles. The highest BCUT2D eigenvalue weighted by Crippen LogP contribution is 2.38. The van der Waals surface area contributed by atoms with Gasteiger partial charge < -0.3 is 20.9 Å². The zero-order valence-corrected chi connectivity index (χ0v) is 21.5. The molecule has 0 aliphatic carbocycles. The van der Waals surface area contributed by atoms with Crippen LogP contribution in [0.25, 0.3) is 5.52 Å². The van der Waals surface area contributed by atoms with Crippen molar-refractivity contribution in [3.8, 4) is 5.75 Å². The molecule has 9 nitrogen and oxygen atoms in total. The van der Waals surface area contributed by atoms with Crippen molar-refractivity contribution in [1.29, 1.82) is 0 Å². The molecule has 2 aliphatic heterocycles. The molecule has 184 valence electrons. The van der Waals surface area contributed by atoms with Crippen molar-refractivity contribution in [3.05, 3.63) is 51.7 Å². The first-order valence-electron chi connectivity index (χ1n) is 11.4. The summed E-state index contributed by atoms with van der Waals surface area (Å²) >= 11 is 9.79. The number of aromatic hydroxyl groups is 1. The summed E-state index contributed by atoms with van der Waals surface area (Å²) < 4.78 is 7.58. The molecule has 0 amide bonds. The van der Waals surface area contributed by atoms with Gasteiger partial charge in [-0.25, -0.2) is 9.51 Å². The quantitative estimate of drug-likeness (QED) is 0.236. The van der Waals surface area contributed by atoms with Gasteiger partial charge in [0.05, 0.1) is 47.3 Å². The van der Waals surface area contributed by atoms with Gasteiger partial charge in [0.25, 0.3) is 0 Å². The molecule has 5 rings (SSSR count). The zero-order chi connectivity index (χ0) is 24.7. The van der Waals surface area contributed by atoms with Crippen LogP contribution >= 0.6 is 27.5 Å². The smallest absolute Gasteiger partial charge is 0.319 e. The molecular weight excluding hydrogens is 536 g/mol. The highest BCUT2D eigenvalue weighted by Gasteiger charge is 2.41. The van der Waals surface area contributed by atoms with Gasteiger partial charge in [-0.1, -0.05) is 11.6 Å². The molecule has 1 aromatic carbocycles. The summed E-state index contributed by atoms with van der Waals surface area (Å²) in [7, 11) is 1.43. The molecule has 2 aromatic heterocycles. The number of esters is 1. The zero-order valence-electron chi connectivity index (χ0n) is 19.1. The molecule has 1 unspecified atom stereocenters. The van der Waals surface area contributed by atoms with Crippen LogP contribution in [-0.2, 0) is 9.53 Å². The van der Waals surface area contributed by atoms with Crippen LogP contribution in [0.5, 0.6) is 5.75 Å². The monoisotopic (exact) mass is 560 g/mol. The summed E-state index contributed by atoms with van der Waals surface area (Å²) in [5, 5.41) is 18.2. The summed E-state index contributed by atoms with van der Waals surface area (Å²) in [6.07, 6.45) is 7.53. The van der Waals surface area contributed by atoms with E-state index < -0.39 is 0 Å². The van der Waals surface area contributed by atoms with Gasteiger partial charge in [0.2, 0.25) is 0 Å². The van der Waals surface area contributed by atoms with Crippen LogP contribution in [0, 0.1) is 0 Å². The molecule has 2 fully saturated rings. The topological polar surface area (TPSA) is 117 Å². The third kappa shape index (κ3) is 4.82. The van der Waals surface area contributed by atoms with Crippen LogP contribution < -0.4 is 11.1 Å². The molecule has 0 radical (unpaired) electrons. The highest BCUT2D eigenvalue weighted by molar-refractivity contribution is 9.10. The fraction of sp³-hybridized carbons (Fsp3) is 0.375. The number of phenols is 1. The van der Waals surface area contributed by atoms with Crippen molar-refractivity contribution in [1.82, 2.24) is 14.5 Å². The van der Waals surface area contributed by atoms with Crippen molar-refractivity contribution in [2.75, 3.05) is 19.0 Å². The number of piperidine rings is 1. The van der Waals surface area contributed by atoms with Gasteiger partial charge in [-0.3, -0.25) is 9.69 Å².